The number of nitrogens with zero attached hydrogens (tertiary/aromatic N) is 1. The number of carboxylic acids is 1. The van der Waals surface area contributed by atoms with Crippen LogP contribution < -0.4 is 0 Å². The molecule has 0 saturated carbocycles. The van der Waals surface area contributed by atoms with Crippen LogP contribution in [0, 0.1) is 5.82 Å². The molecule has 0 aromatic heterocycles. The Labute approximate surface area is 98.4 Å². The molecule has 1 aromatic carbocycles. The Morgan fingerprint density at radius 2 is 2.25 bits per heavy atom. The summed E-state index contributed by atoms with van der Waals surface area (Å²) in [6.07, 6.45) is 0. The van der Waals surface area contributed by atoms with E-state index < -0.39 is 17.8 Å². The van der Waals surface area contributed by atoms with E-state index in [9.17, 15) is 9.18 Å². The molecule has 1 N–H and O–H groups in total. The third-order valence-corrected chi connectivity index (χ3v) is 2.89. The molecule has 0 aliphatic rings. The summed E-state index contributed by atoms with van der Waals surface area (Å²) in [5.41, 5.74) is 0.581. The fourth-order valence-corrected chi connectivity index (χ4v) is 1.45. The van der Waals surface area contributed by atoms with E-state index in [1.165, 1.54) is 6.07 Å². The molecule has 0 heterocycles. The Hall–Kier alpha value is -1.13. The lowest BCUT2D eigenvalue weighted by atomic mass is 10.2. The Balaban J connectivity index is 2.81. The van der Waals surface area contributed by atoms with E-state index in [0.717, 1.165) is 0 Å². The molecule has 0 amide bonds. The van der Waals surface area contributed by atoms with Gasteiger partial charge in [-0.25, -0.2) is 4.39 Å². The number of hydrogen-bond donors (Lipinski definition) is 1. The third kappa shape index (κ3) is 2.93. The maximum Gasteiger partial charge on any atom is 0.320 e. The molecule has 0 aliphatic carbocycles. The summed E-state index contributed by atoms with van der Waals surface area (Å²) < 4.78 is 13.1. The van der Waals surface area contributed by atoms with Crippen molar-refractivity contribution < 1.29 is 14.3 Å². The highest BCUT2D eigenvalue weighted by Gasteiger charge is 2.18. The average molecular weight is 246 g/mol. The van der Waals surface area contributed by atoms with Crippen LogP contribution in [0.25, 0.3) is 0 Å². The highest BCUT2D eigenvalue weighted by molar-refractivity contribution is 6.31. The summed E-state index contributed by atoms with van der Waals surface area (Å²) in [5, 5.41) is 8.85. The molecule has 16 heavy (non-hydrogen) atoms. The van der Waals surface area contributed by atoms with Gasteiger partial charge >= 0.3 is 5.97 Å². The van der Waals surface area contributed by atoms with Gasteiger partial charge in [0.2, 0.25) is 0 Å². The summed E-state index contributed by atoms with van der Waals surface area (Å²) >= 11 is 5.77. The van der Waals surface area contributed by atoms with E-state index in [1.54, 1.807) is 31.0 Å². The van der Waals surface area contributed by atoms with E-state index in [0.29, 0.717) is 12.1 Å². The lowest BCUT2D eigenvalue weighted by molar-refractivity contribution is -0.142. The number of carboxylic acid groups (broad SMARTS) is 1. The van der Waals surface area contributed by atoms with Gasteiger partial charge in [-0.3, -0.25) is 9.69 Å². The van der Waals surface area contributed by atoms with Crippen molar-refractivity contribution in [1.29, 1.82) is 0 Å². The van der Waals surface area contributed by atoms with E-state index >= 15 is 0 Å². The second-order valence-corrected chi connectivity index (χ2v) is 4.02. The first kappa shape index (κ1) is 12.9. The van der Waals surface area contributed by atoms with Crippen molar-refractivity contribution in [2.75, 3.05) is 7.05 Å². The Morgan fingerprint density at radius 1 is 1.62 bits per heavy atom. The van der Waals surface area contributed by atoms with Gasteiger partial charge in [0.15, 0.2) is 0 Å². The zero-order valence-corrected chi connectivity index (χ0v) is 9.83. The van der Waals surface area contributed by atoms with Crippen molar-refractivity contribution in [3.05, 3.63) is 34.6 Å². The maximum absolute atomic E-state index is 13.1. The summed E-state index contributed by atoms with van der Waals surface area (Å²) in [4.78, 5) is 12.3. The van der Waals surface area contributed by atoms with Crippen molar-refractivity contribution >= 4 is 17.6 Å². The summed E-state index contributed by atoms with van der Waals surface area (Å²) in [5.74, 6) is -1.41. The molecule has 5 heteroatoms. The monoisotopic (exact) mass is 245 g/mol. The second-order valence-electron chi connectivity index (χ2n) is 3.64. The molecule has 0 fully saturated rings. The van der Waals surface area contributed by atoms with Crippen LogP contribution in [-0.2, 0) is 11.3 Å². The first-order valence-corrected chi connectivity index (χ1v) is 5.17. The van der Waals surface area contributed by atoms with Crippen LogP contribution in [0.5, 0.6) is 0 Å². The van der Waals surface area contributed by atoms with Crippen LogP contribution in [0.4, 0.5) is 4.39 Å². The number of carbonyl (C=O) groups is 1. The number of hydrogen-bond acceptors (Lipinski definition) is 2. The number of rotatable bonds is 4. The Kier molecular flexibility index (Phi) is 4.26. The SMILES string of the molecule is CC(C(=O)O)N(C)Cc1cccc(F)c1Cl. The predicted octanol–water partition coefficient (Wildman–Crippen LogP) is 2.38. The van der Waals surface area contributed by atoms with Crippen molar-refractivity contribution in [2.45, 2.75) is 19.5 Å². The van der Waals surface area contributed by atoms with E-state index in [2.05, 4.69) is 0 Å². The Morgan fingerprint density at radius 3 is 2.81 bits per heavy atom. The molecule has 0 bridgehead atoms. The zero-order valence-electron chi connectivity index (χ0n) is 9.08. The van der Waals surface area contributed by atoms with Crippen molar-refractivity contribution in [2.24, 2.45) is 0 Å². The smallest absolute Gasteiger partial charge is 0.320 e. The van der Waals surface area contributed by atoms with Crippen LogP contribution in [-0.4, -0.2) is 29.1 Å². The Bertz CT molecular complexity index is 398. The second kappa shape index (κ2) is 5.27. The van der Waals surface area contributed by atoms with E-state index in [4.69, 9.17) is 16.7 Å². The van der Waals surface area contributed by atoms with Crippen LogP contribution in [0.2, 0.25) is 5.02 Å². The molecule has 1 aromatic rings. The molecule has 3 nitrogen and oxygen atoms in total. The zero-order chi connectivity index (χ0) is 12.3. The number of aliphatic carboxylic acids is 1. The molecule has 0 spiro atoms. The maximum atomic E-state index is 13.1. The fraction of sp³-hybridized carbons (Fsp3) is 0.364. The summed E-state index contributed by atoms with van der Waals surface area (Å²) in [7, 11) is 1.65. The average Bonchev–Trinajstić information content (AvgIpc) is 2.23. The summed E-state index contributed by atoms with van der Waals surface area (Å²) in [6.45, 7) is 1.86. The quantitative estimate of drug-likeness (QED) is 0.886. The third-order valence-electron chi connectivity index (χ3n) is 2.47. The fourth-order valence-electron chi connectivity index (χ4n) is 1.26. The first-order valence-electron chi connectivity index (χ1n) is 4.79. The summed E-state index contributed by atoms with van der Waals surface area (Å²) in [6, 6.07) is 3.86. The molecule has 0 aliphatic heterocycles. The van der Waals surface area contributed by atoms with Crippen LogP contribution in [0.1, 0.15) is 12.5 Å². The molecular weight excluding hydrogens is 233 g/mol. The number of halogens is 2. The lowest BCUT2D eigenvalue weighted by Crippen LogP contribution is -2.35. The molecular formula is C11H13ClFNO2. The standard InChI is InChI=1S/C11H13ClFNO2/c1-7(11(15)16)14(2)6-8-4-3-5-9(13)10(8)12/h3-5,7H,6H2,1-2H3,(H,15,16). The largest absolute Gasteiger partial charge is 0.480 e. The highest BCUT2D eigenvalue weighted by Crippen LogP contribution is 2.21. The van der Waals surface area contributed by atoms with Crippen molar-refractivity contribution in [1.82, 2.24) is 4.90 Å². The van der Waals surface area contributed by atoms with Crippen LogP contribution in [0.3, 0.4) is 0 Å². The van der Waals surface area contributed by atoms with E-state index in [1.807, 2.05) is 0 Å². The van der Waals surface area contributed by atoms with Gasteiger partial charge in [-0.05, 0) is 25.6 Å². The van der Waals surface area contributed by atoms with Gasteiger partial charge < -0.3 is 5.11 Å². The minimum absolute atomic E-state index is 0.0481. The highest BCUT2D eigenvalue weighted by atomic mass is 35.5. The van der Waals surface area contributed by atoms with E-state index in [-0.39, 0.29) is 5.02 Å². The molecule has 1 atom stereocenters. The van der Waals surface area contributed by atoms with Gasteiger partial charge in [-0.2, -0.15) is 0 Å². The molecule has 0 radical (unpaired) electrons. The van der Waals surface area contributed by atoms with Gasteiger partial charge in [0.05, 0.1) is 5.02 Å². The number of benzene rings is 1. The van der Waals surface area contributed by atoms with Gasteiger partial charge in [-0.1, -0.05) is 23.7 Å². The van der Waals surface area contributed by atoms with Gasteiger partial charge in [0, 0.05) is 6.54 Å². The topological polar surface area (TPSA) is 40.5 Å². The molecule has 0 saturated heterocycles. The van der Waals surface area contributed by atoms with Gasteiger partial charge in [-0.15, -0.1) is 0 Å². The normalized spacial score (nSPS) is 12.8. The van der Waals surface area contributed by atoms with Gasteiger partial charge in [0.25, 0.3) is 0 Å². The predicted molar refractivity (Wildman–Crippen MR) is 60.0 cm³/mol. The minimum Gasteiger partial charge on any atom is -0.480 e. The number of likely N-dealkylation sites (N-methyl/N-ethyl adjacent to an activating group) is 1. The lowest BCUT2D eigenvalue weighted by Gasteiger charge is -2.21. The minimum atomic E-state index is -0.921. The molecule has 1 unspecified atom stereocenters. The molecule has 1 rings (SSSR count). The van der Waals surface area contributed by atoms with Crippen molar-refractivity contribution in [3.8, 4) is 0 Å². The molecule has 88 valence electrons. The van der Waals surface area contributed by atoms with Crippen molar-refractivity contribution in [3.63, 3.8) is 0 Å². The van der Waals surface area contributed by atoms with Crippen LogP contribution in [0.15, 0.2) is 18.2 Å². The van der Waals surface area contributed by atoms with Crippen LogP contribution >= 0.6 is 11.6 Å². The first-order chi connectivity index (χ1) is 7.43. The van der Waals surface area contributed by atoms with Gasteiger partial charge in [0.1, 0.15) is 11.9 Å².